The van der Waals surface area contributed by atoms with Crippen molar-refractivity contribution in [2.75, 3.05) is 6.61 Å². The van der Waals surface area contributed by atoms with Gasteiger partial charge in [0.05, 0.1) is 27.2 Å². The minimum absolute atomic E-state index is 0.0791. The third kappa shape index (κ3) is 3.17. The van der Waals surface area contributed by atoms with Gasteiger partial charge in [-0.1, -0.05) is 0 Å². The van der Waals surface area contributed by atoms with Gasteiger partial charge in [0.2, 0.25) is 0 Å². The summed E-state index contributed by atoms with van der Waals surface area (Å²) in [4.78, 5) is 10.9. The van der Waals surface area contributed by atoms with Gasteiger partial charge < -0.3 is 10.2 Å². The fraction of sp³-hybridized carbons (Fsp3) is 0.917. The lowest BCUT2D eigenvalue weighted by atomic mass is 9.88. The molecule has 0 amide bonds. The van der Waals surface area contributed by atoms with Crippen LogP contribution in [-0.4, -0.2) is 43.2 Å². The van der Waals surface area contributed by atoms with Crippen LogP contribution < -0.4 is 4.72 Å². The lowest BCUT2D eigenvalue weighted by Gasteiger charge is -2.39. The second-order valence-corrected chi connectivity index (χ2v) is 8.30. The Balaban J connectivity index is 3.05. The maximum atomic E-state index is 14.0. The van der Waals surface area contributed by atoms with Crippen LogP contribution in [0.3, 0.4) is 0 Å². The number of hydrogen-bond acceptors (Lipinski definition) is 3. The molecule has 0 aromatic carbocycles. The standard InChI is InChI=1S/C12H21F2NO4S/c1-10(2,3)20(19)15-11(4,12(13,14)6-16)8-5-7(8)9(17)18/h7-8,15-16H,5-6H2,1-4H3,(H,17,18)/t7-,8-,11-,20-/m1/s1. The molecule has 1 aliphatic rings. The molecule has 1 fully saturated rings. The zero-order valence-electron chi connectivity index (χ0n) is 11.9. The van der Waals surface area contributed by atoms with E-state index in [4.69, 9.17) is 10.2 Å². The molecule has 0 saturated heterocycles. The van der Waals surface area contributed by atoms with Gasteiger partial charge in [0.15, 0.2) is 0 Å². The van der Waals surface area contributed by atoms with Gasteiger partial charge in [-0.05, 0) is 40.0 Å². The van der Waals surface area contributed by atoms with E-state index in [1.54, 1.807) is 20.8 Å². The number of hydrogen-bond donors (Lipinski definition) is 3. The quantitative estimate of drug-likeness (QED) is 0.686. The average Bonchev–Trinajstić information content (AvgIpc) is 3.07. The Labute approximate surface area is 119 Å². The lowest BCUT2D eigenvalue weighted by molar-refractivity contribution is -0.142. The summed E-state index contributed by atoms with van der Waals surface area (Å²) in [6.45, 7) is 4.56. The Morgan fingerprint density at radius 2 is 1.85 bits per heavy atom. The molecule has 5 nitrogen and oxygen atoms in total. The van der Waals surface area contributed by atoms with E-state index in [9.17, 15) is 17.8 Å². The number of carbonyl (C=O) groups is 1. The first-order valence-electron chi connectivity index (χ1n) is 6.28. The number of halogens is 2. The van der Waals surface area contributed by atoms with E-state index in [-0.39, 0.29) is 6.42 Å². The van der Waals surface area contributed by atoms with Gasteiger partial charge in [-0.15, -0.1) is 0 Å². The molecule has 0 aliphatic heterocycles. The number of alkyl halides is 2. The number of rotatable bonds is 6. The van der Waals surface area contributed by atoms with Gasteiger partial charge in [-0.3, -0.25) is 4.79 Å². The van der Waals surface area contributed by atoms with E-state index in [1.807, 2.05) is 0 Å². The Morgan fingerprint density at radius 3 is 2.15 bits per heavy atom. The summed E-state index contributed by atoms with van der Waals surface area (Å²) in [5.41, 5.74) is -2.02. The number of carboxylic acid groups (broad SMARTS) is 1. The molecule has 20 heavy (non-hydrogen) atoms. The normalized spacial score (nSPS) is 27.8. The molecule has 0 aromatic rings. The highest BCUT2D eigenvalue weighted by atomic mass is 32.2. The number of aliphatic hydroxyl groups excluding tert-OH is 1. The zero-order chi connectivity index (χ0) is 15.9. The lowest BCUT2D eigenvalue weighted by Crippen LogP contribution is -2.62. The van der Waals surface area contributed by atoms with Crippen molar-refractivity contribution in [1.82, 2.24) is 4.72 Å². The van der Waals surface area contributed by atoms with Crippen LogP contribution in [-0.2, 0) is 15.8 Å². The van der Waals surface area contributed by atoms with Crippen LogP contribution in [0.15, 0.2) is 0 Å². The minimum atomic E-state index is -3.57. The number of nitrogens with one attached hydrogen (secondary N) is 1. The molecule has 1 aliphatic carbocycles. The maximum absolute atomic E-state index is 14.0. The molecule has 0 bridgehead atoms. The molecule has 118 valence electrons. The molecule has 0 radical (unpaired) electrons. The molecule has 1 rings (SSSR count). The third-order valence-electron chi connectivity index (χ3n) is 3.67. The summed E-state index contributed by atoms with van der Waals surface area (Å²) in [7, 11) is -1.80. The summed E-state index contributed by atoms with van der Waals surface area (Å²) in [5, 5.41) is 17.8. The number of aliphatic carboxylic acids is 1. The highest BCUT2D eigenvalue weighted by Gasteiger charge is 2.65. The first-order chi connectivity index (χ1) is 8.87. The molecule has 3 N–H and O–H groups in total. The summed E-state index contributed by atoms with van der Waals surface area (Å²) >= 11 is 0. The Kier molecular flexibility index (Phi) is 4.63. The van der Waals surface area contributed by atoms with Gasteiger partial charge in [0.25, 0.3) is 5.92 Å². The number of carboxylic acids is 1. The topological polar surface area (TPSA) is 86.6 Å². The van der Waals surface area contributed by atoms with Crippen LogP contribution in [0, 0.1) is 11.8 Å². The third-order valence-corrected chi connectivity index (χ3v) is 5.39. The second kappa shape index (κ2) is 5.31. The van der Waals surface area contributed by atoms with Crippen molar-refractivity contribution < 1.29 is 28.0 Å². The van der Waals surface area contributed by atoms with E-state index in [0.717, 1.165) is 6.92 Å². The van der Waals surface area contributed by atoms with Gasteiger partial charge in [-0.2, -0.15) is 0 Å². The van der Waals surface area contributed by atoms with E-state index >= 15 is 0 Å². The fourth-order valence-corrected chi connectivity index (χ4v) is 3.03. The Morgan fingerprint density at radius 1 is 1.35 bits per heavy atom. The van der Waals surface area contributed by atoms with Gasteiger partial charge >= 0.3 is 5.97 Å². The minimum Gasteiger partial charge on any atom is -0.481 e. The highest BCUT2D eigenvalue weighted by Crippen LogP contribution is 2.52. The monoisotopic (exact) mass is 313 g/mol. The molecule has 4 atom stereocenters. The summed E-state index contributed by atoms with van der Waals surface area (Å²) in [6.07, 6.45) is 0.0791. The fourth-order valence-electron chi connectivity index (χ4n) is 2.04. The Bertz CT molecular complexity index is 424. The van der Waals surface area contributed by atoms with Crippen LogP contribution in [0.1, 0.15) is 34.1 Å². The first kappa shape index (κ1) is 17.5. The summed E-state index contributed by atoms with van der Waals surface area (Å²) < 4.78 is 41.8. The van der Waals surface area contributed by atoms with Gasteiger partial charge in [0.1, 0.15) is 6.61 Å². The number of aliphatic hydroxyl groups is 1. The Hall–Kier alpha value is -0.600. The predicted octanol–water partition coefficient (Wildman–Crippen LogP) is 1.15. The van der Waals surface area contributed by atoms with Crippen LogP contribution in [0.5, 0.6) is 0 Å². The van der Waals surface area contributed by atoms with Crippen LogP contribution >= 0.6 is 0 Å². The summed E-state index contributed by atoms with van der Waals surface area (Å²) in [6, 6.07) is 0. The van der Waals surface area contributed by atoms with E-state index in [0.29, 0.717) is 0 Å². The molecule has 0 spiro atoms. The van der Waals surface area contributed by atoms with Crippen molar-refractivity contribution in [2.24, 2.45) is 11.8 Å². The van der Waals surface area contributed by atoms with Crippen molar-refractivity contribution in [3.05, 3.63) is 0 Å². The average molecular weight is 313 g/mol. The van der Waals surface area contributed by atoms with E-state index in [2.05, 4.69) is 4.72 Å². The second-order valence-electron chi connectivity index (χ2n) is 6.34. The van der Waals surface area contributed by atoms with Crippen molar-refractivity contribution in [3.63, 3.8) is 0 Å². The van der Waals surface area contributed by atoms with Crippen molar-refractivity contribution in [1.29, 1.82) is 0 Å². The smallest absolute Gasteiger partial charge is 0.306 e. The molecule has 8 heteroatoms. The molecular weight excluding hydrogens is 292 g/mol. The van der Waals surface area contributed by atoms with E-state index in [1.165, 1.54) is 0 Å². The first-order valence-corrected chi connectivity index (χ1v) is 7.43. The van der Waals surface area contributed by atoms with Crippen molar-refractivity contribution in [2.45, 2.75) is 50.3 Å². The van der Waals surface area contributed by atoms with E-state index < -0.39 is 51.6 Å². The molecule has 0 aromatic heterocycles. The van der Waals surface area contributed by atoms with Crippen molar-refractivity contribution >= 4 is 17.0 Å². The van der Waals surface area contributed by atoms with Crippen molar-refractivity contribution in [3.8, 4) is 0 Å². The van der Waals surface area contributed by atoms with Crippen LogP contribution in [0.4, 0.5) is 8.78 Å². The maximum Gasteiger partial charge on any atom is 0.306 e. The van der Waals surface area contributed by atoms with Gasteiger partial charge in [-0.25, -0.2) is 17.7 Å². The largest absolute Gasteiger partial charge is 0.481 e. The predicted molar refractivity (Wildman–Crippen MR) is 70.7 cm³/mol. The summed E-state index contributed by atoms with van der Waals surface area (Å²) in [5.74, 6) is -6.49. The SMILES string of the molecule is CC(C)(C)[S@@](=O)N[C@](C)([C@@H]1C[C@H]1C(=O)O)C(F)(F)CO. The zero-order valence-corrected chi connectivity index (χ0v) is 12.8. The molecule has 1 saturated carbocycles. The molecule has 0 unspecified atom stereocenters. The molecule has 0 heterocycles. The van der Waals surface area contributed by atoms with Crippen LogP contribution in [0.2, 0.25) is 0 Å². The highest BCUT2D eigenvalue weighted by molar-refractivity contribution is 7.84. The van der Waals surface area contributed by atoms with Crippen LogP contribution in [0.25, 0.3) is 0 Å². The molecular formula is C12H21F2NO4S. The van der Waals surface area contributed by atoms with Gasteiger partial charge in [0, 0.05) is 0 Å².